The lowest BCUT2D eigenvalue weighted by Crippen LogP contribution is -2.26. The third-order valence-corrected chi connectivity index (χ3v) is 4.56. The first-order chi connectivity index (χ1) is 10.1. The first-order valence-electron chi connectivity index (χ1n) is 7.83. The van der Waals surface area contributed by atoms with Crippen molar-refractivity contribution in [2.75, 3.05) is 6.61 Å². The second-order valence-corrected chi connectivity index (χ2v) is 6.12. The Morgan fingerprint density at radius 3 is 2.90 bits per heavy atom. The van der Waals surface area contributed by atoms with Gasteiger partial charge in [-0.25, -0.2) is 9.97 Å². The molecule has 2 unspecified atom stereocenters. The first kappa shape index (κ1) is 14.4. The van der Waals surface area contributed by atoms with Crippen molar-refractivity contribution in [3.63, 3.8) is 0 Å². The zero-order valence-electron chi connectivity index (χ0n) is 12.5. The second-order valence-electron chi connectivity index (χ2n) is 6.12. The number of carboxylic acids is 1. The molecule has 2 heterocycles. The lowest BCUT2D eigenvalue weighted by molar-refractivity contribution is -0.142. The molecule has 2 atom stereocenters. The number of rotatable bonds is 3. The lowest BCUT2D eigenvalue weighted by atomic mass is 9.86. The number of carbonyl (C=O) groups is 1. The fourth-order valence-corrected chi connectivity index (χ4v) is 3.32. The minimum absolute atomic E-state index is 0.242. The highest BCUT2D eigenvalue weighted by atomic mass is 16.5. The highest BCUT2D eigenvalue weighted by Crippen LogP contribution is 2.27. The number of fused-ring (bicyclic) bond motifs is 1. The van der Waals surface area contributed by atoms with Gasteiger partial charge in [0.1, 0.15) is 5.82 Å². The summed E-state index contributed by atoms with van der Waals surface area (Å²) in [7, 11) is 0. The Hall–Kier alpha value is -1.49. The van der Waals surface area contributed by atoms with Crippen molar-refractivity contribution in [1.29, 1.82) is 0 Å². The third kappa shape index (κ3) is 3.23. The van der Waals surface area contributed by atoms with Crippen LogP contribution in [0.4, 0.5) is 0 Å². The maximum absolute atomic E-state index is 11.1. The molecule has 1 fully saturated rings. The van der Waals surface area contributed by atoms with E-state index in [1.54, 1.807) is 0 Å². The van der Waals surface area contributed by atoms with Crippen molar-refractivity contribution in [3.05, 3.63) is 22.8 Å². The van der Waals surface area contributed by atoms with E-state index in [-0.39, 0.29) is 12.0 Å². The summed E-state index contributed by atoms with van der Waals surface area (Å²) >= 11 is 0. The molecule has 5 nitrogen and oxygen atoms in total. The molecule has 1 N–H and O–H groups in total. The van der Waals surface area contributed by atoms with Gasteiger partial charge in [-0.2, -0.15) is 0 Å². The molecule has 114 valence electrons. The van der Waals surface area contributed by atoms with Gasteiger partial charge >= 0.3 is 5.97 Å². The molecule has 1 aliphatic heterocycles. The number of hydrogen-bond acceptors (Lipinski definition) is 4. The van der Waals surface area contributed by atoms with E-state index in [0.29, 0.717) is 12.8 Å². The fraction of sp³-hybridized carbons (Fsp3) is 0.688. The van der Waals surface area contributed by atoms with Gasteiger partial charge in [-0.1, -0.05) is 0 Å². The summed E-state index contributed by atoms with van der Waals surface area (Å²) in [4.78, 5) is 20.4. The fourth-order valence-electron chi connectivity index (χ4n) is 3.32. The summed E-state index contributed by atoms with van der Waals surface area (Å²) < 4.78 is 5.76. The van der Waals surface area contributed by atoms with Gasteiger partial charge in [0.15, 0.2) is 0 Å². The minimum Gasteiger partial charge on any atom is -0.481 e. The van der Waals surface area contributed by atoms with Gasteiger partial charge in [-0.05, 0) is 51.0 Å². The Balaban J connectivity index is 1.76. The Labute approximate surface area is 124 Å². The standard InChI is InChI=1S/C16H22N2O3/c1-10-13-8-11(16(19)20)5-6-14(13)18-15(17-10)9-12-4-2-3-7-21-12/h11-12H,2-9H2,1H3,(H,19,20). The van der Waals surface area contributed by atoms with Gasteiger partial charge < -0.3 is 9.84 Å². The Bertz CT molecular complexity index is 539. The zero-order valence-corrected chi connectivity index (χ0v) is 12.5. The van der Waals surface area contributed by atoms with Crippen LogP contribution in [-0.2, 0) is 28.8 Å². The van der Waals surface area contributed by atoms with Crippen LogP contribution in [0.2, 0.25) is 0 Å². The van der Waals surface area contributed by atoms with Crippen molar-refractivity contribution in [3.8, 4) is 0 Å². The van der Waals surface area contributed by atoms with E-state index >= 15 is 0 Å². The molecule has 0 amide bonds. The van der Waals surface area contributed by atoms with Crippen molar-refractivity contribution >= 4 is 5.97 Å². The molecule has 1 aromatic rings. The van der Waals surface area contributed by atoms with E-state index in [0.717, 1.165) is 55.1 Å². The van der Waals surface area contributed by atoms with E-state index in [1.807, 2.05) is 6.92 Å². The highest BCUT2D eigenvalue weighted by molar-refractivity contribution is 5.71. The van der Waals surface area contributed by atoms with Gasteiger partial charge in [0, 0.05) is 24.4 Å². The van der Waals surface area contributed by atoms with Crippen LogP contribution in [0.5, 0.6) is 0 Å². The van der Waals surface area contributed by atoms with Crippen LogP contribution in [0, 0.1) is 12.8 Å². The number of carboxylic acid groups (broad SMARTS) is 1. The summed E-state index contributed by atoms with van der Waals surface area (Å²) in [6.07, 6.45) is 6.46. The molecule has 0 aromatic carbocycles. The number of aromatic nitrogens is 2. The Morgan fingerprint density at radius 1 is 1.33 bits per heavy atom. The lowest BCUT2D eigenvalue weighted by Gasteiger charge is -2.25. The molecule has 0 saturated carbocycles. The van der Waals surface area contributed by atoms with Crippen LogP contribution in [0.3, 0.4) is 0 Å². The second kappa shape index (κ2) is 6.10. The molecule has 1 aromatic heterocycles. The Morgan fingerprint density at radius 2 is 2.19 bits per heavy atom. The summed E-state index contributed by atoms with van der Waals surface area (Å²) in [5, 5.41) is 9.17. The van der Waals surface area contributed by atoms with Crippen molar-refractivity contribution < 1.29 is 14.6 Å². The van der Waals surface area contributed by atoms with Gasteiger partial charge in [0.2, 0.25) is 0 Å². The Kier molecular flexibility index (Phi) is 4.19. The van der Waals surface area contributed by atoms with Gasteiger partial charge in [-0.3, -0.25) is 4.79 Å². The SMILES string of the molecule is Cc1nc(CC2CCCCO2)nc2c1CC(C(=O)O)CC2. The van der Waals surface area contributed by atoms with Gasteiger partial charge in [0.05, 0.1) is 12.0 Å². The average molecular weight is 290 g/mol. The van der Waals surface area contributed by atoms with Crippen LogP contribution in [0.25, 0.3) is 0 Å². The van der Waals surface area contributed by atoms with E-state index in [1.165, 1.54) is 6.42 Å². The molecule has 1 aliphatic carbocycles. The molecule has 5 heteroatoms. The first-order valence-corrected chi connectivity index (χ1v) is 7.83. The van der Waals surface area contributed by atoms with Gasteiger partial charge in [0.25, 0.3) is 0 Å². The molecule has 0 radical (unpaired) electrons. The van der Waals surface area contributed by atoms with Crippen LogP contribution in [0.15, 0.2) is 0 Å². The van der Waals surface area contributed by atoms with Crippen LogP contribution in [-0.4, -0.2) is 33.8 Å². The molecule has 0 bridgehead atoms. The van der Waals surface area contributed by atoms with Crippen LogP contribution < -0.4 is 0 Å². The maximum atomic E-state index is 11.1. The predicted octanol–water partition coefficient (Wildman–Crippen LogP) is 2.09. The number of aryl methyl sites for hydroxylation is 2. The van der Waals surface area contributed by atoms with Crippen LogP contribution in [0.1, 0.15) is 48.5 Å². The zero-order chi connectivity index (χ0) is 14.8. The number of aliphatic carboxylic acids is 1. The number of hydrogen-bond donors (Lipinski definition) is 1. The molecule has 0 spiro atoms. The highest BCUT2D eigenvalue weighted by Gasteiger charge is 2.27. The normalized spacial score (nSPS) is 25.4. The molecular formula is C16H22N2O3. The summed E-state index contributed by atoms with van der Waals surface area (Å²) in [5.74, 6) is -0.140. The van der Waals surface area contributed by atoms with E-state index < -0.39 is 5.97 Å². The van der Waals surface area contributed by atoms with E-state index in [4.69, 9.17) is 9.84 Å². The van der Waals surface area contributed by atoms with Crippen molar-refractivity contribution in [2.24, 2.45) is 5.92 Å². The minimum atomic E-state index is -0.709. The topological polar surface area (TPSA) is 72.3 Å². The van der Waals surface area contributed by atoms with Crippen molar-refractivity contribution in [2.45, 2.75) is 58.0 Å². The number of ether oxygens (including phenoxy) is 1. The third-order valence-electron chi connectivity index (χ3n) is 4.56. The van der Waals surface area contributed by atoms with Crippen LogP contribution >= 0.6 is 0 Å². The smallest absolute Gasteiger partial charge is 0.306 e. The molecule has 3 rings (SSSR count). The molecular weight excluding hydrogens is 268 g/mol. The quantitative estimate of drug-likeness (QED) is 0.922. The monoisotopic (exact) mass is 290 g/mol. The molecule has 2 aliphatic rings. The average Bonchev–Trinajstić information content (AvgIpc) is 2.48. The molecule has 21 heavy (non-hydrogen) atoms. The van der Waals surface area contributed by atoms with E-state index in [9.17, 15) is 4.79 Å². The maximum Gasteiger partial charge on any atom is 0.306 e. The predicted molar refractivity (Wildman–Crippen MR) is 77.2 cm³/mol. The summed E-state index contributed by atoms with van der Waals surface area (Å²) in [5.41, 5.74) is 3.03. The van der Waals surface area contributed by atoms with Crippen molar-refractivity contribution in [1.82, 2.24) is 9.97 Å². The molecule has 1 saturated heterocycles. The number of nitrogens with zero attached hydrogens (tertiary/aromatic N) is 2. The largest absolute Gasteiger partial charge is 0.481 e. The van der Waals surface area contributed by atoms with Gasteiger partial charge in [-0.15, -0.1) is 0 Å². The van der Waals surface area contributed by atoms with E-state index in [2.05, 4.69) is 9.97 Å². The summed E-state index contributed by atoms with van der Waals surface area (Å²) in [6, 6.07) is 0. The summed E-state index contributed by atoms with van der Waals surface area (Å²) in [6.45, 7) is 2.81.